The first-order valence-corrected chi connectivity index (χ1v) is 11.2. The molecule has 4 aromatic rings. The highest BCUT2D eigenvalue weighted by Crippen LogP contribution is 2.33. The number of oxime groups is 1. The second-order valence-electron chi connectivity index (χ2n) is 8.49. The van der Waals surface area contributed by atoms with Gasteiger partial charge in [0.2, 0.25) is 0 Å². The van der Waals surface area contributed by atoms with E-state index in [4.69, 9.17) is 5.11 Å². The van der Waals surface area contributed by atoms with Crippen LogP contribution in [-0.4, -0.2) is 27.0 Å². The molecule has 0 saturated carbocycles. The Hall–Kier alpha value is -4.32. The number of hydrogen-bond acceptors (Lipinski definition) is 4. The molecule has 1 heterocycles. The van der Waals surface area contributed by atoms with Crippen molar-refractivity contribution in [2.75, 3.05) is 0 Å². The molecule has 176 valence electrons. The Kier molecular flexibility index (Phi) is 7.01. The average Bonchev–Trinajstić information content (AvgIpc) is 2.86. The van der Waals surface area contributed by atoms with Gasteiger partial charge in [-0.2, -0.15) is 0 Å². The molecule has 1 aromatic heterocycles. The summed E-state index contributed by atoms with van der Waals surface area (Å²) in [6, 6.07) is 23.1. The number of halogens is 1. The Balaban J connectivity index is 1.71. The lowest BCUT2D eigenvalue weighted by Gasteiger charge is -2.21. The van der Waals surface area contributed by atoms with Gasteiger partial charge in [-0.25, -0.2) is 9.18 Å². The predicted octanol–water partition coefficient (Wildman–Crippen LogP) is 6.60. The van der Waals surface area contributed by atoms with Crippen molar-refractivity contribution in [2.24, 2.45) is 5.16 Å². The van der Waals surface area contributed by atoms with E-state index in [2.05, 4.69) is 10.1 Å². The molecule has 0 amide bonds. The van der Waals surface area contributed by atoms with Crippen LogP contribution in [0.1, 0.15) is 50.6 Å². The molecule has 0 fully saturated rings. The van der Waals surface area contributed by atoms with Crippen LogP contribution >= 0.6 is 0 Å². The topological polar surface area (TPSA) is 82.8 Å². The Morgan fingerprint density at radius 1 is 0.914 bits per heavy atom. The molecule has 0 radical (unpaired) electrons. The molecular formula is C29H25FN2O3. The third-order valence-corrected chi connectivity index (χ3v) is 6.13. The predicted molar refractivity (Wildman–Crippen MR) is 134 cm³/mol. The van der Waals surface area contributed by atoms with Gasteiger partial charge in [-0.15, -0.1) is 0 Å². The van der Waals surface area contributed by atoms with Crippen molar-refractivity contribution in [3.05, 3.63) is 124 Å². The molecule has 0 unspecified atom stereocenters. The first-order chi connectivity index (χ1) is 16.9. The summed E-state index contributed by atoms with van der Waals surface area (Å²) in [4.78, 5) is 15.3. The molecule has 3 aromatic carbocycles. The van der Waals surface area contributed by atoms with Crippen LogP contribution in [0.3, 0.4) is 0 Å². The summed E-state index contributed by atoms with van der Waals surface area (Å²) in [6.45, 7) is 3.75. The molecule has 6 heteroatoms. The fourth-order valence-corrected chi connectivity index (χ4v) is 4.29. The Morgan fingerprint density at radius 2 is 1.57 bits per heavy atom. The quantitative estimate of drug-likeness (QED) is 0.182. The van der Waals surface area contributed by atoms with Crippen LogP contribution in [0.2, 0.25) is 0 Å². The first-order valence-electron chi connectivity index (χ1n) is 11.2. The largest absolute Gasteiger partial charge is 0.478 e. The molecule has 1 atom stereocenters. The van der Waals surface area contributed by atoms with E-state index in [9.17, 15) is 14.4 Å². The summed E-state index contributed by atoms with van der Waals surface area (Å²) < 4.78 is 13.9. The van der Waals surface area contributed by atoms with Gasteiger partial charge < -0.3 is 10.3 Å². The average molecular weight is 469 g/mol. The Labute approximate surface area is 203 Å². The van der Waals surface area contributed by atoms with Gasteiger partial charge in [-0.05, 0) is 78.1 Å². The number of nitrogens with zero attached hydrogens (tertiary/aromatic N) is 2. The van der Waals surface area contributed by atoms with Gasteiger partial charge in [0.25, 0.3) is 0 Å². The third-order valence-electron chi connectivity index (χ3n) is 6.13. The molecule has 0 bridgehead atoms. The number of carbonyl (C=O) groups is 1. The number of aromatic nitrogens is 1. The van der Waals surface area contributed by atoms with Crippen LogP contribution < -0.4 is 0 Å². The number of aromatic carboxylic acids is 1. The smallest absolute Gasteiger partial charge is 0.335 e. The molecule has 0 spiro atoms. The van der Waals surface area contributed by atoms with Crippen molar-refractivity contribution >= 4 is 11.7 Å². The maximum atomic E-state index is 13.9. The second kappa shape index (κ2) is 10.3. The van der Waals surface area contributed by atoms with Gasteiger partial charge in [0, 0.05) is 29.8 Å². The van der Waals surface area contributed by atoms with E-state index in [0.717, 1.165) is 39.1 Å². The van der Waals surface area contributed by atoms with Crippen molar-refractivity contribution in [3.63, 3.8) is 0 Å². The van der Waals surface area contributed by atoms with Crippen LogP contribution in [0, 0.1) is 19.7 Å². The molecule has 4 rings (SSSR count). The van der Waals surface area contributed by atoms with Gasteiger partial charge in [-0.3, -0.25) is 4.98 Å². The summed E-state index contributed by atoms with van der Waals surface area (Å²) in [5.74, 6) is -1.44. The fourth-order valence-electron chi connectivity index (χ4n) is 4.29. The number of carboxylic acid groups (broad SMARTS) is 1. The number of rotatable bonds is 7. The third kappa shape index (κ3) is 5.44. The highest BCUT2D eigenvalue weighted by Gasteiger charge is 2.21. The van der Waals surface area contributed by atoms with E-state index in [0.29, 0.717) is 12.1 Å². The van der Waals surface area contributed by atoms with E-state index < -0.39 is 5.97 Å². The van der Waals surface area contributed by atoms with Crippen LogP contribution in [-0.2, 0) is 0 Å². The number of pyridine rings is 1. The highest BCUT2D eigenvalue weighted by molar-refractivity contribution is 6.01. The Morgan fingerprint density at radius 3 is 2.14 bits per heavy atom. The van der Waals surface area contributed by atoms with Crippen LogP contribution in [0.5, 0.6) is 0 Å². The van der Waals surface area contributed by atoms with Gasteiger partial charge in [-0.1, -0.05) is 47.6 Å². The maximum absolute atomic E-state index is 13.9. The summed E-state index contributed by atoms with van der Waals surface area (Å²) >= 11 is 0. The minimum absolute atomic E-state index is 0.182. The van der Waals surface area contributed by atoms with Crippen LogP contribution in [0.4, 0.5) is 4.39 Å². The fraction of sp³-hybridized carbons (Fsp3) is 0.138. The van der Waals surface area contributed by atoms with E-state index in [-0.39, 0.29) is 17.3 Å². The number of benzene rings is 3. The van der Waals surface area contributed by atoms with Crippen molar-refractivity contribution in [3.8, 4) is 11.1 Å². The van der Waals surface area contributed by atoms with Crippen molar-refractivity contribution in [2.45, 2.75) is 26.2 Å². The molecule has 0 aliphatic heterocycles. The van der Waals surface area contributed by atoms with Crippen molar-refractivity contribution in [1.82, 2.24) is 4.98 Å². The van der Waals surface area contributed by atoms with Gasteiger partial charge >= 0.3 is 5.97 Å². The zero-order valence-electron chi connectivity index (χ0n) is 19.4. The lowest BCUT2D eigenvalue weighted by atomic mass is 9.83. The van der Waals surface area contributed by atoms with E-state index >= 15 is 0 Å². The highest BCUT2D eigenvalue weighted by atomic mass is 19.1. The number of aryl methyl sites for hydroxylation is 2. The van der Waals surface area contributed by atoms with E-state index in [1.165, 1.54) is 12.1 Å². The van der Waals surface area contributed by atoms with E-state index in [1.54, 1.807) is 42.6 Å². The van der Waals surface area contributed by atoms with Gasteiger partial charge in [0.15, 0.2) is 0 Å². The lowest BCUT2D eigenvalue weighted by molar-refractivity contribution is 0.0697. The Bertz CT molecular complexity index is 1380. The maximum Gasteiger partial charge on any atom is 0.335 e. The molecule has 5 nitrogen and oxygen atoms in total. The monoisotopic (exact) mass is 468 g/mol. The molecule has 0 aliphatic carbocycles. The second-order valence-corrected chi connectivity index (χ2v) is 8.49. The molecule has 0 saturated heterocycles. The molecular weight excluding hydrogens is 443 g/mol. The minimum Gasteiger partial charge on any atom is -0.478 e. The summed E-state index contributed by atoms with van der Waals surface area (Å²) in [5.41, 5.74) is 6.93. The lowest BCUT2D eigenvalue weighted by Crippen LogP contribution is -2.12. The summed E-state index contributed by atoms with van der Waals surface area (Å²) in [7, 11) is 0. The first kappa shape index (κ1) is 23.8. The van der Waals surface area contributed by atoms with Crippen LogP contribution in [0.25, 0.3) is 11.1 Å². The normalized spacial score (nSPS) is 12.4. The molecule has 2 N–H and O–H groups in total. The molecule has 0 aliphatic rings. The van der Waals surface area contributed by atoms with Crippen molar-refractivity contribution < 1.29 is 19.5 Å². The molecule has 35 heavy (non-hydrogen) atoms. The van der Waals surface area contributed by atoms with E-state index in [1.807, 2.05) is 44.2 Å². The van der Waals surface area contributed by atoms with Crippen molar-refractivity contribution in [1.29, 1.82) is 0 Å². The van der Waals surface area contributed by atoms with Crippen LogP contribution in [0.15, 0.2) is 90.2 Å². The summed E-state index contributed by atoms with van der Waals surface area (Å²) in [5, 5.41) is 22.6. The minimum atomic E-state index is -0.963. The zero-order valence-corrected chi connectivity index (χ0v) is 19.4. The zero-order chi connectivity index (χ0) is 24.9. The number of carboxylic acids is 1. The standard InChI is InChI=1S/C29H25FN2O3/c1-18-15-25(30)11-12-26(18)27(17-28(32-35)24-13-14-31-19(2)16-24)22-7-3-20(4-8-22)21-5-9-23(10-6-21)29(33)34/h3-16,27,35H,17H2,1-2H3,(H,33,34)/b32-28+/t27-/m1/s1. The number of hydrogen-bond donors (Lipinski definition) is 2. The van der Waals surface area contributed by atoms with Gasteiger partial charge in [0.1, 0.15) is 5.82 Å². The van der Waals surface area contributed by atoms with Gasteiger partial charge in [0.05, 0.1) is 11.3 Å². The SMILES string of the molecule is Cc1cc(/C(C[C@H](c2ccc(-c3ccc(C(=O)O)cc3)cc2)c2ccc(F)cc2C)=N/O)ccn1. The summed E-state index contributed by atoms with van der Waals surface area (Å²) in [6.07, 6.45) is 2.08.